The fourth-order valence-corrected chi connectivity index (χ4v) is 12.7. The number of imidazole rings is 2. The SMILES string of the molecule is Cc1c(NC(=O)c2nc3c(n2C)CCN(CCC24CCC(C(=O)O)(CC2)C4)C3)cccc1-c1cccc(NC(=O)c2nc3c(n2C)CCN(CC24CCC(CC2)C4)C3)c1C. The Morgan fingerprint density at radius 2 is 1.27 bits per heavy atom. The Balaban J connectivity index is 0.798. The van der Waals surface area contributed by atoms with Gasteiger partial charge in [0.15, 0.2) is 11.6 Å². The minimum atomic E-state index is -0.610. The standard InChI is InChI=1S/C48H60N8O4/c1-30-33(34-8-6-10-36(31(34)2)52-44(58)42-50-38-27-56(23-14-40(38)54(42)4)29-47-15-11-32(25-47)12-16-47)7-5-9-35(30)51-43(57)41-49-37-26-55(22-13-39(37)53(41)3)24-21-46-17-19-48(28-46,20-18-46)45(59)60/h5-10,32H,11-29H2,1-4H3,(H,51,57)(H,52,58)(H,59,60). The minimum Gasteiger partial charge on any atom is -0.481 e. The van der Waals surface area contributed by atoms with E-state index < -0.39 is 11.4 Å². The molecule has 10 rings (SSSR count). The Morgan fingerprint density at radius 1 is 0.733 bits per heavy atom. The Bertz CT molecular complexity index is 2390. The summed E-state index contributed by atoms with van der Waals surface area (Å²) in [4.78, 5) is 54.6. The number of carboxylic acids is 1. The van der Waals surface area contributed by atoms with Crippen LogP contribution in [0.4, 0.5) is 11.4 Å². The van der Waals surface area contributed by atoms with Gasteiger partial charge in [0, 0.05) is 82.4 Å². The van der Waals surface area contributed by atoms with Gasteiger partial charge < -0.3 is 24.9 Å². The van der Waals surface area contributed by atoms with Crippen LogP contribution in [0.25, 0.3) is 11.1 Å². The van der Waals surface area contributed by atoms with Gasteiger partial charge in [0.2, 0.25) is 0 Å². The molecule has 4 aliphatic carbocycles. The average molecular weight is 813 g/mol. The normalized spacial score (nSPS) is 27.0. The number of nitrogens with zero attached hydrogens (tertiary/aromatic N) is 6. The molecular weight excluding hydrogens is 753 g/mol. The molecule has 12 heteroatoms. The van der Waals surface area contributed by atoms with Crippen LogP contribution < -0.4 is 10.6 Å². The lowest BCUT2D eigenvalue weighted by Crippen LogP contribution is -2.39. The van der Waals surface area contributed by atoms with Crippen LogP contribution in [0.2, 0.25) is 0 Å². The van der Waals surface area contributed by atoms with Crippen molar-refractivity contribution in [1.82, 2.24) is 28.9 Å². The average Bonchev–Trinajstić information content (AvgIpc) is 4.10. The topological polar surface area (TPSA) is 138 Å². The van der Waals surface area contributed by atoms with E-state index in [9.17, 15) is 19.5 Å². The summed E-state index contributed by atoms with van der Waals surface area (Å²) in [7, 11) is 3.90. The van der Waals surface area contributed by atoms with Crippen molar-refractivity contribution in [3.05, 3.63) is 81.9 Å². The zero-order chi connectivity index (χ0) is 41.6. The van der Waals surface area contributed by atoms with Crippen LogP contribution >= 0.6 is 0 Å². The first-order valence-electron chi connectivity index (χ1n) is 22.4. The van der Waals surface area contributed by atoms with Crippen LogP contribution in [-0.2, 0) is 44.8 Å². The van der Waals surface area contributed by atoms with Gasteiger partial charge in [-0.3, -0.25) is 24.2 Å². The molecule has 2 aromatic heterocycles. The third-order valence-corrected chi connectivity index (χ3v) is 16.4. The molecule has 3 N–H and O–H groups in total. The fraction of sp³-hybridized carbons (Fsp3) is 0.562. The molecule has 316 valence electrons. The molecule has 2 amide bonds. The molecule has 4 bridgehead atoms. The van der Waals surface area contributed by atoms with Crippen molar-refractivity contribution in [2.24, 2.45) is 36.3 Å². The number of nitrogens with one attached hydrogen (secondary N) is 2. The lowest BCUT2D eigenvalue weighted by molar-refractivity contribution is -0.148. The number of fused-ring (bicyclic) bond motifs is 6. The van der Waals surface area contributed by atoms with Gasteiger partial charge in [-0.2, -0.15) is 0 Å². The summed E-state index contributed by atoms with van der Waals surface area (Å²) in [6, 6.07) is 11.9. The lowest BCUT2D eigenvalue weighted by atomic mass is 9.80. The summed E-state index contributed by atoms with van der Waals surface area (Å²) in [5, 5.41) is 16.2. The van der Waals surface area contributed by atoms with Crippen molar-refractivity contribution in [2.75, 3.05) is 36.8 Å². The van der Waals surface area contributed by atoms with Crippen molar-refractivity contribution in [3.63, 3.8) is 0 Å². The van der Waals surface area contributed by atoms with Crippen molar-refractivity contribution in [2.45, 2.75) is 110 Å². The highest BCUT2D eigenvalue weighted by Gasteiger charge is 2.58. The maximum atomic E-state index is 13.9. The number of carbonyl (C=O) groups is 3. The Hall–Kier alpha value is -4.81. The molecule has 4 saturated carbocycles. The number of carbonyl (C=O) groups excluding carboxylic acids is 2. The maximum Gasteiger partial charge on any atom is 0.309 e. The molecule has 4 heterocycles. The summed E-state index contributed by atoms with van der Waals surface area (Å²) in [5.41, 5.74) is 9.68. The monoisotopic (exact) mass is 812 g/mol. The number of aliphatic carboxylic acids is 1. The number of aromatic nitrogens is 4. The number of amides is 2. The predicted octanol–water partition coefficient (Wildman–Crippen LogP) is 7.66. The number of carboxylic acid groups (broad SMARTS) is 1. The molecule has 4 aromatic rings. The lowest BCUT2D eigenvalue weighted by Gasteiger charge is -2.35. The van der Waals surface area contributed by atoms with Gasteiger partial charge in [-0.25, -0.2) is 9.97 Å². The molecule has 60 heavy (non-hydrogen) atoms. The van der Waals surface area contributed by atoms with Gasteiger partial charge in [-0.1, -0.05) is 24.3 Å². The molecular formula is C48H60N8O4. The Labute approximate surface area is 353 Å². The van der Waals surface area contributed by atoms with Crippen LogP contribution in [0.1, 0.15) is 126 Å². The molecule has 0 atom stereocenters. The number of hydrogen-bond donors (Lipinski definition) is 3. The first kappa shape index (κ1) is 39.3. The van der Waals surface area contributed by atoms with E-state index in [1.54, 1.807) is 0 Å². The molecule has 2 aromatic carbocycles. The third kappa shape index (κ3) is 6.69. The Morgan fingerprint density at radius 3 is 1.77 bits per heavy atom. The van der Waals surface area contributed by atoms with E-state index in [0.717, 1.165) is 141 Å². The van der Waals surface area contributed by atoms with Crippen LogP contribution in [-0.4, -0.2) is 78.0 Å². The van der Waals surface area contributed by atoms with Gasteiger partial charge in [-0.15, -0.1) is 0 Å². The quantitative estimate of drug-likeness (QED) is 0.141. The number of rotatable bonds is 11. The first-order valence-corrected chi connectivity index (χ1v) is 22.4. The van der Waals surface area contributed by atoms with Gasteiger partial charge in [0.25, 0.3) is 11.8 Å². The van der Waals surface area contributed by atoms with E-state index in [4.69, 9.17) is 9.97 Å². The summed E-state index contributed by atoms with van der Waals surface area (Å²) in [6.07, 6.45) is 14.1. The van der Waals surface area contributed by atoms with Crippen LogP contribution in [0.15, 0.2) is 36.4 Å². The van der Waals surface area contributed by atoms with Crippen molar-refractivity contribution < 1.29 is 19.5 Å². The Kier molecular flexibility index (Phi) is 9.62. The molecule has 0 saturated heterocycles. The maximum absolute atomic E-state index is 13.9. The van der Waals surface area contributed by atoms with Crippen molar-refractivity contribution in [3.8, 4) is 11.1 Å². The molecule has 2 aliphatic heterocycles. The zero-order valence-corrected chi connectivity index (χ0v) is 35.8. The second-order valence-electron chi connectivity index (χ2n) is 19.8. The number of hydrogen-bond acceptors (Lipinski definition) is 7. The van der Waals surface area contributed by atoms with Crippen LogP contribution in [0.3, 0.4) is 0 Å². The van der Waals surface area contributed by atoms with Crippen LogP contribution in [0.5, 0.6) is 0 Å². The predicted molar refractivity (Wildman–Crippen MR) is 231 cm³/mol. The molecule has 0 radical (unpaired) electrons. The summed E-state index contributed by atoms with van der Waals surface area (Å²) in [5.74, 6) is 0.716. The number of benzene rings is 2. The van der Waals surface area contributed by atoms with Gasteiger partial charge in [-0.05, 0) is 142 Å². The summed E-state index contributed by atoms with van der Waals surface area (Å²) in [6.45, 7) is 9.55. The third-order valence-electron chi connectivity index (χ3n) is 16.4. The zero-order valence-electron chi connectivity index (χ0n) is 35.8. The smallest absolute Gasteiger partial charge is 0.309 e. The molecule has 4 fully saturated rings. The summed E-state index contributed by atoms with van der Waals surface area (Å²) >= 11 is 0. The van der Waals surface area contributed by atoms with E-state index in [1.165, 1.54) is 32.1 Å². The van der Waals surface area contributed by atoms with Crippen LogP contribution in [0, 0.1) is 36.0 Å². The first-order chi connectivity index (χ1) is 28.8. The molecule has 12 nitrogen and oxygen atoms in total. The van der Waals surface area contributed by atoms with Gasteiger partial charge in [0.05, 0.1) is 16.8 Å². The highest BCUT2D eigenvalue weighted by Crippen LogP contribution is 2.63. The van der Waals surface area contributed by atoms with E-state index in [-0.39, 0.29) is 17.2 Å². The molecule has 0 unspecified atom stereocenters. The minimum absolute atomic E-state index is 0.156. The van der Waals surface area contributed by atoms with E-state index >= 15 is 0 Å². The fourth-order valence-electron chi connectivity index (χ4n) is 12.7. The number of anilines is 2. The molecule has 0 spiro atoms. The highest BCUT2D eigenvalue weighted by atomic mass is 16.4. The van der Waals surface area contributed by atoms with Gasteiger partial charge in [0.1, 0.15) is 0 Å². The van der Waals surface area contributed by atoms with Gasteiger partial charge >= 0.3 is 5.97 Å². The summed E-state index contributed by atoms with van der Waals surface area (Å²) < 4.78 is 3.93. The van der Waals surface area contributed by atoms with E-state index in [2.05, 4.69) is 32.6 Å². The van der Waals surface area contributed by atoms with E-state index in [0.29, 0.717) is 29.3 Å². The second-order valence-corrected chi connectivity index (χ2v) is 19.8. The van der Waals surface area contributed by atoms with Crippen molar-refractivity contribution >= 4 is 29.2 Å². The molecule has 6 aliphatic rings. The highest BCUT2D eigenvalue weighted by molar-refractivity contribution is 6.04. The largest absolute Gasteiger partial charge is 0.481 e. The van der Waals surface area contributed by atoms with E-state index in [1.807, 2.05) is 61.3 Å². The second kappa shape index (κ2) is 14.7. The van der Waals surface area contributed by atoms with Crippen molar-refractivity contribution in [1.29, 1.82) is 0 Å².